The molecule has 0 aromatic rings. The Bertz CT molecular complexity index is 705. The Balaban J connectivity index is 1.60. The van der Waals surface area contributed by atoms with Crippen molar-refractivity contribution in [1.29, 1.82) is 0 Å². The lowest BCUT2D eigenvalue weighted by atomic mass is 9.45. The summed E-state index contributed by atoms with van der Waals surface area (Å²) < 4.78 is 0. The van der Waals surface area contributed by atoms with Crippen LogP contribution in [0.2, 0.25) is 0 Å². The predicted molar refractivity (Wildman–Crippen MR) is 133 cm³/mol. The molecule has 178 valence electrons. The summed E-state index contributed by atoms with van der Waals surface area (Å²) in [6.45, 7) is 20.1. The molecule has 0 bridgehead atoms. The summed E-state index contributed by atoms with van der Waals surface area (Å²) in [6, 6.07) is 0. The molecule has 2 saturated carbocycles. The van der Waals surface area contributed by atoms with E-state index in [0.29, 0.717) is 28.1 Å². The second-order valence-electron chi connectivity index (χ2n) is 13.7. The fourth-order valence-electron chi connectivity index (χ4n) is 9.31. The lowest BCUT2D eigenvalue weighted by Gasteiger charge is -2.60. The molecular formula is C30H52O. The molecular weight excluding hydrogens is 376 g/mol. The summed E-state index contributed by atoms with van der Waals surface area (Å²) >= 11 is 0. The largest absolute Gasteiger partial charge is 0.393 e. The maximum Gasteiger partial charge on any atom is 0.0569 e. The molecule has 0 saturated heterocycles. The number of aliphatic hydroxyl groups excluding tert-OH is 1. The van der Waals surface area contributed by atoms with Crippen LogP contribution < -0.4 is 0 Å². The SMILES string of the molecule is CC(C)C(C)CCC(C)C1CCC2(C)C3=C(CCC12C)C1(C)CCC(O)C(C)C1CC3. The minimum absolute atomic E-state index is 0.0744. The third kappa shape index (κ3) is 3.50. The molecule has 4 aliphatic carbocycles. The van der Waals surface area contributed by atoms with Gasteiger partial charge in [0, 0.05) is 0 Å². The first-order valence-electron chi connectivity index (χ1n) is 13.9. The summed E-state index contributed by atoms with van der Waals surface area (Å²) in [5.74, 6) is 4.56. The molecule has 0 radical (unpaired) electrons. The first-order valence-corrected chi connectivity index (χ1v) is 13.9. The molecule has 0 aromatic carbocycles. The second-order valence-corrected chi connectivity index (χ2v) is 13.7. The zero-order valence-electron chi connectivity index (χ0n) is 22.1. The van der Waals surface area contributed by atoms with Crippen molar-refractivity contribution in [3.05, 3.63) is 11.1 Å². The van der Waals surface area contributed by atoms with E-state index in [1.807, 2.05) is 11.1 Å². The molecule has 9 unspecified atom stereocenters. The van der Waals surface area contributed by atoms with Crippen molar-refractivity contribution in [3.63, 3.8) is 0 Å². The topological polar surface area (TPSA) is 20.2 Å². The van der Waals surface area contributed by atoms with Gasteiger partial charge in [-0.25, -0.2) is 0 Å². The molecule has 0 amide bonds. The van der Waals surface area contributed by atoms with Crippen LogP contribution in [0.15, 0.2) is 11.1 Å². The minimum Gasteiger partial charge on any atom is -0.393 e. The molecule has 0 aromatic heterocycles. The van der Waals surface area contributed by atoms with Crippen molar-refractivity contribution in [3.8, 4) is 0 Å². The highest BCUT2D eigenvalue weighted by atomic mass is 16.3. The molecule has 4 rings (SSSR count). The summed E-state index contributed by atoms with van der Waals surface area (Å²) in [5.41, 5.74) is 5.01. The van der Waals surface area contributed by atoms with Gasteiger partial charge in [-0.05, 0) is 103 Å². The molecule has 0 aliphatic heterocycles. The number of hydrogen-bond donors (Lipinski definition) is 1. The molecule has 0 heterocycles. The van der Waals surface area contributed by atoms with Gasteiger partial charge in [-0.3, -0.25) is 0 Å². The maximum atomic E-state index is 10.6. The van der Waals surface area contributed by atoms with E-state index in [-0.39, 0.29) is 6.10 Å². The summed E-state index contributed by atoms with van der Waals surface area (Å²) in [6.07, 6.45) is 13.2. The van der Waals surface area contributed by atoms with Crippen LogP contribution in [0.5, 0.6) is 0 Å². The average Bonchev–Trinajstić information content (AvgIpc) is 3.00. The van der Waals surface area contributed by atoms with Crippen LogP contribution in [0.4, 0.5) is 0 Å². The number of rotatable bonds is 5. The Kier molecular flexibility index (Phi) is 6.29. The Labute approximate surface area is 193 Å². The van der Waals surface area contributed by atoms with E-state index in [4.69, 9.17) is 0 Å². The van der Waals surface area contributed by atoms with E-state index in [1.165, 1.54) is 57.8 Å². The number of hydrogen-bond acceptors (Lipinski definition) is 1. The molecule has 31 heavy (non-hydrogen) atoms. The zero-order chi connectivity index (χ0) is 22.8. The fraction of sp³-hybridized carbons (Fsp3) is 0.933. The van der Waals surface area contributed by atoms with Crippen molar-refractivity contribution < 1.29 is 5.11 Å². The lowest BCUT2D eigenvalue weighted by Crippen LogP contribution is -2.51. The standard InChI is InChI=1S/C30H52O/c1-19(2)20(3)9-10-21(4)23-13-17-30(8)26-12-11-24-22(5)27(31)15-16-28(24,6)25(26)14-18-29(23,30)7/h19-24,27,31H,9-18H2,1-8H3. The Morgan fingerprint density at radius 3 is 2.26 bits per heavy atom. The smallest absolute Gasteiger partial charge is 0.0569 e. The monoisotopic (exact) mass is 428 g/mol. The minimum atomic E-state index is -0.0744. The average molecular weight is 429 g/mol. The number of fused-ring (bicyclic) bond motifs is 4. The quantitative estimate of drug-likeness (QED) is 0.436. The third-order valence-electron chi connectivity index (χ3n) is 12.3. The molecule has 4 aliphatic rings. The van der Waals surface area contributed by atoms with Gasteiger partial charge in [-0.2, -0.15) is 0 Å². The molecule has 9 atom stereocenters. The number of aliphatic hydroxyl groups is 1. The first-order chi connectivity index (χ1) is 14.5. The van der Waals surface area contributed by atoms with Gasteiger partial charge in [0.1, 0.15) is 0 Å². The van der Waals surface area contributed by atoms with Gasteiger partial charge in [0.05, 0.1) is 6.10 Å². The predicted octanol–water partition coefficient (Wildman–Crippen LogP) is 8.41. The van der Waals surface area contributed by atoms with Crippen molar-refractivity contribution in [2.45, 2.75) is 126 Å². The van der Waals surface area contributed by atoms with Gasteiger partial charge in [-0.15, -0.1) is 0 Å². The summed E-state index contributed by atoms with van der Waals surface area (Å²) in [7, 11) is 0. The highest BCUT2D eigenvalue weighted by molar-refractivity contribution is 5.38. The van der Waals surface area contributed by atoms with Crippen LogP contribution in [0.1, 0.15) is 120 Å². The van der Waals surface area contributed by atoms with Gasteiger partial charge >= 0.3 is 0 Å². The van der Waals surface area contributed by atoms with E-state index in [1.54, 1.807) is 0 Å². The van der Waals surface area contributed by atoms with Gasteiger partial charge in [0.25, 0.3) is 0 Å². The second kappa shape index (κ2) is 8.18. The highest BCUT2D eigenvalue weighted by Crippen LogP contribution is 2.71. The van der Waals surface area contributed by atoms with E-state index in [2.05, 4.69) is 55.4 Å². The van der Waals surface area contributed by atoms with Crippen molar-refractivity contribution in [1.82, 2.24) is 0 Å². The van der Waals surface area contributed by atoms with Crippen LogP contribution >= 0.6 is 0 Å². The van der Waals surface area contributed by atoms with Crippen LogP contribution in [-0.4, -0.2) is 11.2 Å². The van der Waals surface area contributed by atoms with Crippen molar-refractivity contribution >= 4 is 0 Å². The zero-order valence-corrected chi connectivity index (χ0v) is 22.1. The van der Waals surface area contributed by atoms with E-state index in [9.17, 15) is 5.11 Å². The summed E-state index contributed by atoms with van der Waals surface area (Å²) in [5, 5.41) is 10.6. The lowest BCUT2D eigenvalue weighted by molar-refractivity contribution is -0.0414. The maximum absolute atomic E-state index is 10.6. The Morgan fingerprint density at radius 1 is 0.871 bits per heavy atom. The molecule has 1 N–H and O–H groups in total. The Morgan fingerprint density at radius 2 is 1.58 bits per heavy atom. The fourth-order valence-corrected chi connectivity index (χ4v) is 9.31. The van der Waals surface area contributed by atoms with Crippen LogP contribution in [0.25, 0.3) is 0 Å². The van der Waals surface area contributed by atoms with Gasteiger partial charge in [0.15, 0.2) is 0 Å². The molecule has 0 spiro atoms. The van der Waals surface area contributed by atoms with Gasteiger partial charge in [0.2, 0.25) is 0 Å². The van der Waals surface area contributed by atoms with E-state index in [0.717, 1.165) is 30.1 Å². The first kappa shape index (κ1) is 23.8. The van der Waals surface area contributed by atoms with Gasteiger partial charge < -0.3 is 5.11 Å². The molecule has 2 fully saturated rings. The highest BCUT2D eigenvalue weighted by Gasteiger charge is 2.62. The molecule has 1 nitrogen and oxygen atoms in total. The van der Waals surface area contributed by atoms with Crippen LogP contribution in [0, 0.1) is 51.8 Å². The van der Waals surface area contributed by atoms with Crippen LogP contribution in [-0.2, 0) is 0 Å². The Hall–Kier alpha value is -0.300. The normalized spacial score (nSPS) is 47.0. The third-order valence-corrected chi connectivity index (χ3v) is 12.3. The summed E-state index contributed by atoms with van der Waals surface area (Å²) in [4.78, 5) is 0. The van der Waals surface area contributed by atoms with Gasteiger partial charge in [-0.1, -0.05) is 79.4 Å². The van der Waals surface area contributed by atoms with E-state index < -0.39 is 0 Å². The van der Waals surface area contributed by atoms with Crippen LogP contribution in [0.3, 0.4) is 0 Å². The number of allylic oxidation sites excluding steroid dienone is 2. The van der Waals surface area contributed by atoms with E-state index >= 15 is 0 Å². The van der Waals surface area contributed by atoms with Crippen molar-refractivity contribution in [2.75, 3.05) is 0 Å². The van der Waals surface area contributed by atoms with Crippen molar-refractivity contribution in [2.24, 2.45) is 51.8 Å². The molecule has 1 heteroatoms.